The number of benzene rings is 2. The van der Waals surface area contributed by atoms with Crippen molar-refractivity contribution in [3.8, 4) is 17.0 Å². The SMILES string of the molecule is COc1cccc(C(=O)N2CCN(Cc3cc(-c4ccccc4)no3)CC2)c1. The van der Waals surface area contributed by atoms with Crippen LogP contribution in [0.5, 0.6) is 5.75 Å². The van der Waals surface area contributed by atoms with E-state index < -0.39 is 0 Å². The number of hydrogen-bond acceptors (Lipinski definition) is 5. The van der Waals surface area contributed by atoms with Crippen molar-refractivity contribution in [2.24, 2.45) is 0 Å². The highest BCUT2D eigenvalue weighted by molar-refractivity contribution is 5.94. The van der Waals surface area contributed by atoms with Crippen LogP contribution in [0.2, 0.25) is 0 Å². The summed E-state index contributed by atoms with van der Waals surface area (Å²) in [5.74, 6) is 1.58. The van der Waals surface area contributed by atoms with E-state index in [2.05, 4.69) is 10.1 Å². The Morgan fingerprint density at radius 1 is 1.04 bits per heavy atom. The molecule has 2 heterocycles. The lowest BCUT2D eigenvalue weighted by Crippen LogP contribution is -2.48. The van der Waals surface area contributed by atoms with E-state index in [0.29, 0.717) is 30.9 Å². The minimum Gasteiger partial charge on any atom is -0.497 e. The molecule has 0 radical (unpaired) electrons. The van der Waals surface area contributed by atoms with Gasteiger partial charge in [0.05, 0.1) is 13.7 Å². The van der Waals surface area contributed by atoms with Crippen LogP contribution < -0.4 is 4.74 Å². The van der Waals surface area contributed by atoms with Gasteiger partial charge < -0.3 is 14.2 Å². The van der Waals surface area contributed by atoms with E-state index in [0.717, 1.165) is 30.1 Å². The number of rotatable bonds is 5. The van der Waals surface area contributed by atoms with Gasteiger partial charge in [0.1, 0.15) is 11.4 Å². The van der Waals surface area contributed by atoms with Gasteiger partial charge in [0.2, 0.25) is 0 Å². The molecule has 1 amide bonds. The van der Waals surface area contributed by atoms with Crippen molar-refractivity contribution in [1.29, 1.82) is 0 Å². The standard InChI is InChI=1S/C22H23N3O3/c1-27-19-9-5-8-18(14-19)22(26)25-12-10-24(11-13-25)16-20-15-21(23-28-20)17-6-3-2-4-7-17/h2-9,14-15H,10-13,16H2,1H3. The number of carbonyl (C=O) groups excluding carboxylic acids is 1. The highest BCUT2D eigenvalue weighted by Gasteiger charge is 2.23. The van der Waals surface area contributed by atoms with Gasteiger partial charge in [-0.2, -0.15) is 0 Å². The first-order valence-corrected chi connectivity index (χ1v) is 9.39. The molecule has 1 aromatic heterocycles. The number of carbonyl (C=O) groups is 1. The molecule has 6 nitrogen and oxygen atoms in total. The van der Waals surface area contributed by atoms with E-state index in [9.17, 15) is 4.79 Å². The van der Waals surface area contributed by atoms with E-state index in [-0.39, 0.29) is 5.91 Å². The smallest absolute Gasteiger partial charge is 0.254 e. The Morgan fingerprint density at radius 2 is 1.82 bits per heavy atom. The van der Waals surface area contributed by atoms with Gasteiger partial charge in [-0.1, -0.05) is 41.6 Å². The van der Waals surface area contributed by atoms with Gasteiger partial charge in [0.15, 0.2) is 5.76 Å². The van der Waals surface area contributed by atoms with Gasteiger partial charge in [0, 0.05) is 43.4 Å². The van der Waals surface area contributed by atoms with Crippen LogP contribution in [-0.2, 0) is 6.54 Å². The zero-order valence-electron chi connectivity index (χ0n) is 15.9. The molecule has 6 heteroatoms. The molecule has 0 unspecified atom stereocenters. The maximum atomic E-state index is 12.7. The van der Waals surface area contributed by atoms with Crippen molar-refractivity contribution in [2.75, 3.05) is 33.3 Å². The fraction of sp³-hybridized carbons (Fsp3) is 0.273. The molecule has 0 atom stereocenters. The van der Waals surface area contributed by atoms with Gasteiger partial charge in [-0.3, -0.25) is 9.69 Å². The first-order valence-electron chi connectivity index (χ1n) is 9.39. The lowest BCUT2D eigenvalue weighted by Gasteiger charge is -2.34. The van der Waals surface area contributed by atoms with Crippen molar-refractivity contribution >= 4 is 5.91 Å². The van der Waals surface area contributed by atoms with Crippen LogP contribution in [0.25, 0.3) is 11.3 Å². The molecule has 4 rings (SSSR count). The monoisotopic (exact) mass is 377 g/mol. The maximum absolute atomic E-state index is 12.7. The Morgan fingerprint density at radius 3 is 2.57 bits per heavy atom. The van der Waals surface area contributed by atoms with E-state index in [4.69, 9.17) is 9.26 Å². The second-order valence-electron chi connectivity index (χ2n) is 6.84. The molecule has 28 heavy (non-hydrogen) atoms. The Bertz CT molecular complexity index is 931. The van der Waals surface area contributed by atoms with Crippen LogP contribution in [0.1, 0.15) is 16.1 Å². The predicted octanol–water partition coefficient (Wildman–Crippen LogP) is 3.31. The molecular weight excluding hydrogens is 354 g/mol. The van der Waals surface area contributed by atoms with Crippen molar-refractivity contribution in [2.45, 2.75) is 6.54 Å². The summed E-state index contributed by atoms with van der Waals surface area (Å²) in [7, 11) is 1.61. The van der Waals surface area contributed by atoms with Crippen LogP contribution >= 0.6 is 0 Å². The molecule has 0 spiro atoms. The second kappa shape index (κ2) is 8.27. The number of ether oxygens (including phenoxy) is 1. The maximum Gasteiger partial charge on any atom is 0.254 e. The number of amides is 1. The predicted molar refractivity (Wildman–Crippen MR) is 106 cm³/mol. The third kappa shape index (κ3) is 4.07. The summed E-state index contributed by atoms with van der Waals surface area (Å²) in [5, 5.41) is 4.17. The molecule has 144 valence electrons. The topological polar surface area (TPSA) is 58.8 Å². The van der Waals surface area contributed by atoms with Gasteiger partial charge >= 0.3 is 0 Å². The molecule has 3 aromatic rings. The minimum atomic E-state index is 0.0459. The summed E-state index contributed by atoms with van der Waals surface area (Å²) in [5.41, 5.74) is 2.56. The first kappa shape index (κ1) is 18.3. The quantitative estimate of drug-likeness (QED) is 0.683. The summed E-state index contributed by atoms with van der Waals surface area (Å²) in [4.78, 5) is 16.9. The number of piperazine rings is 1. The van der Waals surface area contributed by atoms with Crippen LogP contribution in [0.15, 0.2) is 65.2 Å². The fourth-order valence-corrected chi connectivity index (χ4v) is 3.40. The van der Waals surface area contributed by atoms with Crippen LogP contribution in [0.3, 0.4) is 0 Å². The fourth-order valence-electron chi connectivity index (χ4n) is 3.40. The molecule has 0 N–H and O–H groups in total. The summed E-state index contributed by atoms with van der Waals surface area (Å²) >= 11 is 0. The number of aromatic nitrogens is 1. The molecular formula is C22H23N3O3. The summed E-state index contributed by atoms with van der Waals surface area (Å²) in [6, 6.07) is 19.3. The average molecular weight is 377 g/mol. The third-order valence-electron chi connectivity index (χ3n) is 4.98. The molecule has 1 saturated heterocycles. The molecule has 0 aliphatic carbocycles. The molecule has 0 saturated carbocycles. The first-order chi connectivity index (χ1) is 13.7. The Labute approximate surface area is 164 Å². The molecule has 2 aromatic carbocycles. The third-order valence-corrected chi connectivity index (χ3v) is 4.98. The highest BCUT2D eigenvalue weighted by atomic mass is 16.5. The zero-order valence-corrected chi connectivity index (χ0v) is 15.9. The Kier molecular flexibility index (Phi) is 5.39. The summed E-state index contributed by atoms with van der Waals surface area (Å²) in [6.07, 6.45) is 0. The van der Waals surface area contributed by atoms with Gasteiger partial charge in [-0.25, -0.2) is 0 Å². The normalized spacial score (nSPS) is 14.8. The van der Waals surface area contributed by atoms with Gasteiger partial charge in [0.25, 0.3) is 5.91 Å². The van der Waals surface area contributed by atoms with Crippen molar-refractivity contribution < 1.29 is 14.1 Å². The van der Waals surface area contributed by atoms with Crippen LogP contribution in [0.4, 0.5) is 0 Å². The lowest BCUT2D eigenvalue weighted by atomic mass is 10.1. The molecule has 0 bridgehead atoms. The molecule has 1 aliphatic heterocycles. The van der Waals surface area contributed by atoms with E-state index >= 15 is 0 Å². The summed E-state index contributed by atoms with van der Waals surface area (Å²) < 4.78 is 10.7. The largest absolute Gasteiger partial charge is 0.497 e. The van der Waals surface area contributed by atoms with Gasteiger partial charge in [-0.15, -0.1) is 0 Å². The Hall–Kier alpha value is -3.12. The molecule has 1 aliphatic rings. The van der Waals surface area contributed by atoms with Gasteiger partial charge in [-0.05, 0) is 18.2 Å². The number of hydrogen-bond donors (Lipinski definition) is 0. The van der Waals surface area contributed by atoms with E-state index in [1.54, 1.807) is 13.2 Å². The van der Waals surface area contributed by atoms with E-state index in [1.165, 1.54) is 0 Å². The van der Waals surface area contributed by atoms with Crippen LogP contribution in [0, 0.1) is 0 Å². The molecule has 1 fully saturated rings. The zero-order chi connectivity index (χ0) is 19.3. The van der Waals surface area contributed by atoms with Crippen molar-refractivity contribution in [3.05, 3.63) is 72.0 Å². The van der Waals surface area contributed by atoms with E-state index in [1.807, 2.05) is 59.5 Å². The minimum absolute atomic E-state index is 0.0459. The number of nitrogens with zero attached hydrogens (tertiary/aromatic N) is 3. The second-order valence-corrected chi connectivity index (χ2v) is 6.84. The highest BCUT2D eigenvalue weighted by Crippen LogP contribution is 2.20. The summed E-state index contributed by atoms with van der Waals surface area (Å²) in [6.45, 7) is 3.68. The van der Waals surface area contributed by atoms with Crippen molar-refractivity contribution in [3.63, 3.8) is 0 Å². The Balaban J connectivity index is 1.33. The number of methoxy groups -OCH3 is 1. The lowest BCUT2D eigenvalue weighted by molar-refractivity contribution is 0.0617. The van der Waals surface area contributed by atoms with Crippen LogP contribution in [-0.4, -0.2) is 54.2 Å². The van der Waals surface area contributed by atoms with Crippen molar-refractivity contribution in [1.82, 2.24) is 15.0 Å². The average Bonchev–Trinajstić information content (AvgIpc) is 3.23.